The number of hydrogen-bond donors (Lipinski definition) is 1. The number of ether oxygens (including phenoxy) is 2. The van der Waals surface area contributed by atoms with Gasteiger partial charge >= 0.3 is 0 Å². The van der Waals surface area contributed by atoms with E-state index in [1.54, 1.807) is 4.90 Å². The highest BCUT2D eigenvalue weighted by Crippen LogP contribution is 2.33. The van der Waals surface area contributed by atoms with Crippen molar-refractivity contribution in [2.24, 2.45) is 0 Å². The number of hydrogen-bond acceptors (Lipinski definition) is 7. The minimum absolute atomic E-state index is 0.0501. The fraction of sp³-hybridized carbons (Fsp3) is 0.273. The Morgan fingerprint density at radius 2 is 1.94 bits per heavy atom. The van der Waals surface area contributed by atoms with Crippen LogP contribution in [0, 0.1) is 0 Å². The van der Waals surface area contributed by atoms with E-state index in [-0.39, 0.29) is 25.2 Å². The zero-order chi connectivity index (χ0) is 21.2. The molecule has 1 aromatic heterocycles. The summed E-state index contributed by atoms with van der Waals surface area (Å²) in [5, 5.41) is 10.7. The van der Waals surface area contributed by atoms with Crippen molar-refractivity contribution in [3.05, 3.63) is 59.8 Å². The second-order valence-corrected chi connectivity index (χ2v) is 7.41. The van der Waals surface area contributed by atoms with Gasteiger partial charge in [-0.3, -0.25) is 9.59 Å². The minimum atomic E-state index is -0.544. The lowest BCUT2D eigenvalue weighted by Crippen LogP contribution is -2.44. The fourth-order valence-corrected chi connectivity index (χ4v) is 3.87. The van der Waals surface area contributed by atoms with Crippen LogP contribution in [0.4, 0.5) is 0 Å². The van der Waals surface area contributed by atoms with Gasteiger partial charge < -0.3 is 19.7 Å². The van der Waals surface area contributed by atoms with E-state index in [1.807, 2.05) is 48.5 Å². The van der Waals surface area contributed by atoms with Crippen LogP contribution in [-0.4, -0.2) is 39.9 Å². The van der Waals surface area contributed by atoms with Gasteiger partial charge in [0.25, 0.3) is 0 Å². The molecule has 2 amide bonds. The van der Waals surface area contributed by atoms with Gasteiger partial charge in [-0.05, 0) is 29.3 Å². The van der Waals surface area contributed by atoms with E-state index in [2.05, 4.69) is 15.6 Å². The predicted octanol–water partition coefficient (Wildman–Crippen LogP) is 2.27. The molecule has 1 atom stereocenters. The lowest BCUT2D eigenvalue weighted by molar-refractivity contribution is -0.135. The van der Waals surface area contributed by atoms with E-state index < -0.39 is 6.04 Å². The maximum atomic E-state index is 12.9. The van der Waals surface area contributed by atoms with Gasteiger partial charge in [0.15, 0.2) is 11.5 Å². The van der Waals surface area contributed by atoms with Crippen molar-refractivity contribution in [3.63, 3.8) is 0 Å². The lowest BCUT2D eigenvalue weighted by atomic mass is 10.1. The van der Waals surface area contributed by atoms with Crippen LogP contribution in [0.25, 0.3) is 11.3 Å². The molecule has 1 N–H and O–H groups in total. The fourth-order valence-electron chi connectivity index (χ4n) is 3.87. The van der Waals surface area contributed by atoms with Crippen LogP contribution in [0.1, 0.15) is 24.1 Å². The normalized spacial score (nSPS) is 17.2. The molecule has 0 spiro atoms. The number of carbonyl (C=O) groups is 2. The first-order valence-corrected chi connectivity index (χ1v) is 10.0. The molecule has 9 heteroatoms. The first-order chi connectivity index (χ1) is 15.2. The third kappa shape index (κ3) is 3.81. The smallest absolute Gasteiger partial charge is 0.243 e. The Labute approximate surface area is 177 Å². The Balaban J connectivity index is 1.26. The molecule has 158 valence electrons. The van der Waals surface area contributed by atoms with E-state index in [0.717, 1.165) is 11.1 Å². The number of likely N-dealkylation sites (tertiary alicyclic amines) is 1. The van der Waals surface area contributed by atoms with Crippen LogP contribution >= 0.6 is 0 Å². The number of aromatic nitrogens is 2. The van der Waals surface area contributed by atoms with Crippen LogP contribution in [0.2, 0.25) is 0 Å². The van der Waals surface area contributed by atoms with Gasteiger partial charge in [-0.1, -0.05) is 41.6 Å². The Bertz CT molecular complexity index is 1110. The molecule has 2 aliphatic rings. The number of amides is 2. The second-order valence-electron chi connectivity index (χ2n) is 7.41. The molecular weight excluding hydrogens is 400 g/mol. The zero-order valence-electron chi connectivity index (χ0n) is 16.6. The third-order valence-electron chi connectivity index (χ3n) is 5.45. The van der Waals surface area contributed by atoms with Crippen LogP contribution in [0.5, 0.6) is 11.5 Å². The van der Waals surface area contributed by atoms with Crippen molar-refractivity contribution in [3.8, 4) is 22.8 Å². The van der Waals surface area contributed by atoms with Crippen LogP contribution < -0.4 is 14.8 Å². The molecule has 3 heterocycles. The van der Waals surface area contributed by atoms with E-state index in [4.69, 9.17) is 14.1 Å². The Morgan fingerprint density at radius 3 is 2.81 bits per heavy atom. The van der Waals surface area contributed by atoms with Crippen molar-refractivity contribution in [1.82, 2.24) is 20.5 Å². The molecule has 0 aliphatic carbocycles. The number of nitrogens with one attached hydrogen (secondary N) is 1. The molecule has 0 radical (unpaired) electrons. The highest BCUT2D eigenvalue weighted by Gasteiger charge is 2.36. The van der Waals surface area contributed by atoms with Gasteiger partial charge in [-0.15, -0.1) is 0 Å². The number of nitrogens with zero attached hydrogens (tertiary/aromatic N) is 3. The second kappa shape index (κ2) is 8.10. The molecule has 1 unspecified atom stereocenters. The molecule has 3 aromatic rings. The lowest BCUT2D eigenvalue weighted by Gasteiger charge is -2.24. The molecule has 31 heavy (non-hydrogen) atoms. The van der Waals surface area contributed by atoms with Gasteiger partial charge in [0.05, 0.1) is 6.54 Å². The maximum absolute atomic E-state index is 12.9. The minimum Gasteiger partial charge on any atom is -0.454 e. The molecule has 1 saturated heterocycles. The summed E-state index contributed by atoms with van der Waals surface area (Å²) < 4.78 is 15.6. The van der Waals surface area contributed by atoms with Crippen molar-refractivity contribution < 1.29 is 23.7 Å². The molecule has 2 aromatic carbocycles. The Hall–Kier alpha value is -3.88. The zero-order valence-corrected chi connectivity index (χ0v) is 16.6. The third-order valence-corrected chi connectivity index (χ3v) is 5.45. The summed E-state index contributed by atoms with van der Waals surface area (Å²) in [5.74, 6) is 1.05. The highest BCUT2D eigenvalue weighted by atomic mass is 16.7. The summed E-state index contributed by atoms with van der Waals surface area (Å²) in [5.41, 5.74) is 2.85. The topological polar surface area (TPSA) is 107 Å². The average Bonchev–Trinajstić information content (AvgIpc) is 3.53. The SMILES string of the molecule is O=C(NCc1nonc1-c1ccccc1)C1CCC(=O)N1Cc1ccc2c(c1)OCO2. The van der Waals surface area contributed by atoms with Crippen LogP contribution in [0.15, 0.2) is 53.2 Å². The first kappa shape index (κ1) is 19.1. The monoisotopic (exact) mass is 420 g/mol. The molecule has 5 rings (SSSR count). The molecule has 1 fully saturated rings. The van der Waals surface area contributed by atoms with E-state index in [9.17, 15) is 9.59 Å². The van der Waals surface area contributed by atoms with Gasteiger partial charge in [0.2, 0.25) is 18.6 Å². The van der Waals surface area contributed by atoms with Crippen molar-refractivity contribution in [2.75, 3.05) is 6.79 Å². The van der Waals surface area contributed by atoms with E-state index in [1.165, 1.54) is 0 Å². The summed E-state index contributed by atoms with van der Waals surface area (Å²) in [6, 6.07) is 14.5. The molecule has 0 saturated carbocycles. The van der Waals surface area contributed by atoms with Crippen molar-refractivity contribution in [1.29, 1.82) is 0 Å². The number of fused-ring (bicyclic) bond motifs is 1. The molecule has 2 aliphatic heterocycles. The maximum Gasteiger partial charge on any atom is 0.243 e. The summed E-state index contributed by atoms with van der Waals surface area (Å²) in [7, 11) is 0. The summed E-state index contributed by atoms with van der Waals surface area (Å²) in [6.07, 6.45) is 0.807. The first-order valence-electron chi connectivity index (χ1n) is 10.0. The van der Waals surface area contributed by atoms with Crippen LogP contribution in [0.3, 0.4) is 0 Å². The van der Waals surface area contributed by atoms with Gasteiger partial charge in [0.1, 0.15) is 17.4 Å². The summed E-state index contributed by atoms with van der Waals surface area (Å²) in [4.78, 5) is 26.9. The van der Waals surface area contributed by atoms with Gasteiger partial charge in [-0.2, -0.15) is 0 Å². The number of benzene rings is 2. The van der Waals surface area contributed by atoms with Crippen molar-refractivity contribution in [2.45, 2.75) is 32.0 Å². The molecule has 0 bridgehead atoms. The molecular formula is C22H20N4O5. The largest absolute Gasteiger partial charge is 0.454 e. The Kier molecular flexibility index (Phi) is 4.99. The van der Waals surface area contributed by atoms with Gasteiger partial charge in [-0.25, -0.2) is 4.63 Å². The van der Waals surface area contributed by atoms with E-state index in [0.29, 0.717) is 42.3 Å². The highest BCUT2D eigenvalue weighted by molar-refractivity contribution is 5.91. The number of carbonyl (C=O) groups excluding carboxylic acids is 2. The number of rotatable bonds is 6. The summed E-state index contributed by atoms with van der Waals surface area (Å²) >= 11 is 0. The van der Waals surface area contributed by atoms with E-state index >= 15 is 0 Å². The summed E-state index contributed by atoms with van der Waals surface area (Å²) in [6.45, 7) is 0.678. The Morgan fingerprint density at radius 1 is 1.10 bits per heavy atom. The quantitative estimate of drug-likeness (QED) is 0.652. The molecule has 9 nitrogen and oxygen atoms in total. The van der Waals surface area contributed by atoms with Crippen molar-refractivity contribution >= 4 is 11.8 Å². The average molecular weight is 420 g/mol. The van der Waals surface area contributed by atoms with Gasteiger partial charge in [0, 0.05) is 18.5 Å². The standard InChI is InChI=1S/C22H20N4O5/c27-20-9-7-17(26(20)12-14-6-8-18-19(10-14)30-13-29-18)22(28)23-11-16-21(25-31-24-16)15-4-2-1-3-5-15/h1-6,8,10,17H,7,9,11-13H2,(H,23,28). The predicted molar refractivity (Wildman–Crippen MR) is 108 cm³/mol. The van der Waals surface area contributed by atoms with Crippen LogP contribution in [-0.2, 0) is 22.7 Å².